The van der Waals surface area contributed by atoms with Gasteiger partial charge >= 0.3 is 0 Å². The molecule has 6 heteroatoms. The molecule has 2 aromatic carbocycles. The number of methoxy groups -OCH3 is 2. The molecule has 0 aliphatic rings. The molecule has 1 heterocycles. The summed E-state index contributed by atoms with van der Waals surface area (Å²) in [6.45, 7) is 2.05. The number of hydrogen-bond donors (Lipinski definition) is 1. The Labute approximate surface area is 145 Å². The minimum Gasteiger partial charge on any atom is -0.497 e. The summed E-state index contributed by atoms with van der Waals surface area (Å²) in [6, 6.07) is 11.3. The van der Waals surface area contributed by atoms with Crippen molar-refractivity contribution in [3.63, 3.8) is 0 Å². The second kappa shape index (κ2) is 6.93. The first kappa shape index (κ1) is 16.3. The van der Waals surface area contributed by atoms with E-state index in [0.717, 1.165) is 33.8 Å². The number of aromatic nitrogens is 2. The first-order chi connectivity index (χ1) is 11.6. The topological polar surface area (TPSA) is 56.3 Å². The lowest BCUT2D eigenvalue weighted by atomic mass is 10.1. The molecule has 124 valence electrons. The van der Waals surface area contributed by atoms with E-state index in [9.17, 15) is 0 Å². The Morgan fingerprint density at radius 1 is 1.04 bits per heavy atom. The van der Waals surface area contributed by atoms with Crippen LogP contribution < -0.4 is 14.8 Å². The van der Waals surface area contributed by atoms with Crippen LogP contribution in [0.5, 0.6) is 11.5 Å². The summed E-state index contributed by atoms with van der Waals surface area (Å²) >= 11 is 6.03. The van der Waals surface area contributed by atoms with Crippen molar-refractivity contribution in [1.82, 2.24) is 9.97 Å². The van der Waals surface area contributed by atoms with E-state index in [2.05, 4.69) is 15.3 Å². The van der Waals surface area contributed by atoms with Gasteiger partial charge in [0, 0.05) is 22.0 Å². The molecule has 1 aromatic heterocycles. The number of nitrogens with one attached hydrogen (secondary N) is 1. The second-order valence-corrected chi connectivity index (χ2v) is 5.79. The zero-order valence-electron chi connectivity index (χ0n) is 13.7. The average Bonchev–Trinajstić information content (AvgIpc) is 2.60. The molecule has 3 rings (SSSR count). The largest absolute Gasteiger partial charge is 0.497 e. The van der Waals surface area contributed by atoms with E-state index in [4.69, 9.17) is 21.1 Å². The first-order valence-corrected chi connectivity index (χ1v) is 7.89. The minimum atomic E-state index is -0.0142. The van der Waals surface area contributed by atoms with Gasteiger partial charge in [-0.25, -0.2) is 9.97 Å². The smallest absolute Gasteiger partial charge is 0.137 e. The van der Waals surface area contributed by atoms with Crippen LogP contribution >= 0.6 is 11.6 Å². The van der Waals surface area contributed by atoms with Crippen molar-refractivity contribution in [2.24, 2.45) is 0 Å². The normalized spacial score (nSPS) is 12.0. The molecule has 0 saturated heterocycles. The number of fused-ring (bicyclic) bond motifs is 1. The molecule has 1 N–H and O–H groups in total. The van der Waals surface area contributed by atoms with Gasteiger partial charge in [-0.3, -0.25) is 0 Å². The second-order valence-electron chi connectivity index (χ2n) is 5.36. The summed E-state index contributed by atoms with van der Waals surface area (Å²) < 4.78 is 10.7. The molecule has 1 atom stereocenters. The summed E-state index contributed by atoms with van der Waals surface area (Å²) in [5.41, 5.74) is 1.81. The molecule has 0 fully saturated rings. The van der Waals surface area contributed by atoms with Crippen LogP contribution in [0.2, 0.25) is 5.02 Å². The lowest BCUT2D eigenvalue weighted by Crippen LogP contribution is -2.10. The standard InChI is InChI=1S/C18H18ClN3O2/c1-11(14-7-5-13(23-2)9-17(14)24-3)22-18-15-6-4-12(19)8-16(15)20-10-21-18/h4-11H,1-3H3,(H,20,21,22). The fraction of sp³-hybridized carbons (Fsp3) is 0.222. The molecule has 0 radical (unpaired) electrons. The van der Waals surface area contributed by atoms with Crippen molar-refractivity contribution < 1.29 is 9.47 Å². The van der Waals surface area contributed by atoms with Crippen LogP contribution in [0.4, 0.5) is 5.82 Å². The quantitative estimate of drug-likeness (QED) is 0.740. The molecule has 24 heavy (non-hydrogen) atoms. The minimum absolute atomic E-state index is 0.0142. The van der Waals surface area contributed by atoms with E-state index in [1.807, 2.05) is 43.3 Å². The van der Waals surface area contributed by atoms with Crippen LogP contribution in [0, 0.1) is 0 Å². The summed E-state index contributed by atoms with van der Waals surface area (Å²) in [4.78, 5) is 8.62. The zero-order chi connectivity index (χ0) is 17.1. The molecule has 0 saturated carbocycles. The van der Waals surface area contributed by atoms with Crippen molar-refractivity contribution in [2.75, 3.05) is 19.5 Å². The number of anilines is 1. The third-order valence-corrected chi connectivity index (χ3v) is 4.09. The van der Waals surface area contributed by atoms with E-state index in [1.54, 1.807) is 14.2 Å². The van der Waals surface area contributed by atoms with E-state index in [-0.39, 0.29) is 6.04 Å². The predicted octanol–water partition coefficient (Wildman–Crippen LogP) is 4.47. The van der Waals surface area contributed by atoms with Crippen LogP contribution in [0.25, 0.3) is 10.9 Å². The zero-order valence-corrected chi connectivity index (χ0v) is 14.5. The van der Waals surface area contributed by atoms with Gasteiger partial charge in [-0.1, -0.05) is 11.6 Å². The Morgan fingerprint density at radius 2 is 1.88 bits per heavy atom. The van der Waals surface area contributed by atoms with Gasteiger partial charge in [-0.15, -0.1) is 0 Å². The molecule has 1 unspecified atom stereocenters. The van der Waals surface area contributed by atoms with Crippen LogP contribution in [-0.2, 0) is 0 Å². The van der Waals surface area contributed by atoms with Crippen molar-refractivity contribution >= 4 is 28.3 Å². The van der Waals surface area contributed by atoms with Gasteiger partial charge in [0.1, 0.15) is 23.6 Å². The van der Waals surface area contributed by atoms with Crippen molar-refractivity contribution in [3.8, 4) is 11.5 Å². The Balaban J connectivity index is 1.94. The van der Waals surface area contributed by atoms with Crippen LogP contribution in [0.3, 0.4) is 0 Å². The fourth-order valence-corrected chi connectivity index (χ4v) is 2.77. The van der Waals surface area contributed by atoms with E-state index < -0.39 is 0 Å². The summed E-state index contributed by atoms with van der Waals surface area (Å²) in [7, 11) is 3.28. The van der Waals surface area contributed by atoms with Gasteiger partial charge in [0.15, 0.2) is 0 Å². The third kappa shape index (κ3) is 3.21. The summed E-state index contributed by atoms with van der Waals surface area (Å²) in [5, 5.41) is 4.99. The highest BCUT2D eigenvalue weighted by atomic mass is 35.5. The number of nitrogens with zero attached hydrogens (tertiary/aromatic N) is 2. The van der Waals surface area contributed by atoms with E-state index in [0.29, 0.717) is 5.02 Å². The highest BCUT2D eigenvalue weighted by Gasteiger charge is 2.14. The SMILES string of the molecule is COc1ccc(C(C)Nc2ncnc3cc(Cl)ccc23)c(OC)c1. The number of ether oxygens (including phenoxy) is 2. The van der Waals surface area contributed by atoms with Gasteiger partial charge in [0.25, 0.3) is 0 Å². The maximum absolute atomic E-state index is 6.03. The number of benzene rings is 2. The fourth-order valence-electron chi connectivity index (χ4n) is 2.60. The molecular formula is C18H18ClN3O2. The number of rotatable bonds is 5. The Bertz CT molecular complexity index is 870. The van der Waals surface area contributed by atoms with Crippen molar-refractivity contribution in [2.45, 2.75) is 13.0 Å². The Morgan fingerprint density at radius 3 is 2.62 bits per heavy atom. The van der Waals surface area contributed by atoms with E-state index >= 15 is 0 Å². The first-order valence-electron chi connectivity index (χ1n) is 7.51. The van der Waals surface area contributed by atoms with Gasteiger partial charge < -0.3 is 14.8 Å². The molecule has 0 aliphatic carbocycles. The van der Waals surface area contributed by atoms with Crippen molar-refractivity contribution in [1.29, 1.82) is 0 Å². The van der Waals surface area contributed by atoms with Crippen LogP contribution in [-0.4, -0.2) is 24.2 Å². The predicted molar refractivity (Wildman–Crippen MR) is 96.1 cm³/mol. The van der Waals surface area contributed by atoms with Crippen LogP contribution in [0.1, 0.15) is 18.5 Å². The number of halogens is 1. The van der Waals surface area contributed by atoms with Gasteiger partial charge in [-0.2, -0.15) is 0 Å². The van der Waals surface area contributed by atoms with E-state index in [1.165, 1.54) is 6.33 Å². The molecule has 0 amide bonds. The lowest BCUT2D eigenvalue weighted by Gasteiger charge is -2.19. The van der Waals surface area contributed by atoms with Gasteiger partial charge in [0.05, 0.1) is 25.8 Å². The molecule has 0 spiro atoms. The third-order valence-electron chi connectivity index (χ3n) is 3.86. The van der Waals surface area contributed by atoms with Crippen LogP contribution in [0.15, 0.2) is 42.7 Å². The average molecular weight is 344 g/mol. The maximum Gasteiger partial charge on any atom is 0.137 e. The lowest BCUT2D eigenvalue weighted by molar-refractivity contribution is 0.390. The highest BCUT2D eigenvalue weighted by Crippen LogP contribution is 2.32. The molecule has 0 bridgehead atoms. The summed E-state index contributed by atoms with van der Waals surface area (Å²) in [6.07, 6.45) is 1.53. The molecule has 0 aliphatic heterocycles. The monoisotopic (exact) mass is 343 g/mol. The molecular weight excluding hydrogens is 326 g/mol. The molecule has 3 aromatic rings. The number of hydrogen-bond acceptors (Lipinski definition) is 5. The van der Waals surface area contributed by atoms with Gasteiger partial charge in [0.2, 0.25) is 0 Å². The molecule has 5 nitrogen and oxygen atoms in total. The highest BCUT2D eigenvalue weighted by molar-refractivity contribution is 6.31. The Hall–Kier alpha value is -2.53. The maximum atomic E-state index is 6.03. The van der Waals surface area contributed by atoms with Gasteiger partial charge in [-0.05, 0) is 37.3 Å². The summed E-state index contributed by atoms with van der Waals surface area (Å²) in [5.74, 6) is 2.27. The Kier molecular flexibility index (Phi) is 4.71. The van der Waals surface area contributed by atoms with Crippen molar-refractivity contribution in [3.05, 3.63) is 53.3 Å².